The highest BCUT2D eigenvalue weighted by molar-refractivity contribution is 7.89. The molecule has 5 heteroatoms. The van der Waals surface area contributed by atoms with Gasteiger partial charge in [0.2, 0.25) is 10.0 Å². The Morgan fingerprint density at radius 3 is 2.45 bits per heavy atom. The maximum atomic E-state index is 11.3. The fourth-order valence-corrected chi connectivity index (χ4v) is 2.51. The third-order valence-corrected chi connectivity index (χ3v) is 3.97. The Labute approximate surface area is 119 Å². The molecule has 0 aliphatic rings. The van der Waals surface area contributed by atoms with Gasteiger partial charge < -0.3 is 5.32 Å². The van der Waals surface area contributed by atoms with Gasteiger partial charge in [0, 0.05) is 12.2 Å². The van der Waals surface area contributed by atoms with Crippen molar-refractivity contribution < 1.29 is 8.42 Å². The molecule has 3 N–H and O–H groups in total. The van der Waals surface area contributed by atoms with Crippen LogP contribution in [0.3, 0.4) is 0 Å². The van der Waals surface area contributed by atoms with Crippen molar-refractivity contribution in [1.29, 1.82) is 0 Å². The lowest BCUT2D eigenvalue weighted by molar-refractivity contribution is 0.598. The highest BCUT2D eigenvalue weighted by Crippen LogP contribution is 2.15. The minimum absolute atomic E-state index is 0.116. The molecule has 0 saturated heterocycles. The number of nitrogens with one attached hydrogen (secondary N) is 1. The first-order chi connectivity index (χ1) is 9.49. The predicted molar refractivity (Wildman–Crippen MR) is 81.0 cm³/mol. The number of anilines is 1. The summed E-state index contributed by atoms with van der Waals surface area (Å²) in [7, 11) is -3.66. The molecule has 0 aliphatic heterocycles. The average molecular weight is 290 g/mol. The van der Waals surface area contributed by atoms with Gasteiger partial charge in [0.25, 0.3) is 0 Å². The lowest BCUT2D eigenvalue weighted by Gasteiger charge is -2.09. The summed E-state index contributed by atoms with van der Waals surface area (Å²) in [6.07, 6.45) is 0.995. The normalized spacial score (nSPS) is 11.3. The molecule has 0 bridgehead atoms. The van der Waals surface area contributed by atoms with E-state index in [9.17, 15) is 8.42 Å². The molecule has 0 spiro atoms. The van der Waals surface area contributed by atoms with E-state index in [-0.39, 0.29) is 4.90 Å². The Morgan fingerprint density at radius 1 is 1.05 bits per heavy atom. The van der Waals surface area contributed by atoms with Crippen LogP contribution in [-0.2, 0) is 23.0 Å². The topological polar surface area (TPSA) is 72.2 Å². The zero-order valence-electron chi connectivity index (χ0n) is 11.3. The molecule has 2 aromatic rings. The standard InChI is InChI=1S/C15H18N2O2S/c1-2-12-5-3-6-13(9-12)11-17-14-7-4-8-15(10-14)20(16,18)19/h3-10,17H,2,11H2,1H3,(H2,16,18,19). The SMILES string of the molecule is CCc1cccc(CNc2cccc(S(N)(=O)=O)c2)c1. The second-order valence-corrected chi connectivity index (χ2v) is 6.16. The van der Waals surface area contributed by atoms with Gasteiger partial charge in [-0.2, -0.15) is 0 Å². The number of hydrogen-bond donors (Lipinski definition) is 2. The molecule has 0 aromatic heterocycles. The molecule has 106 valence electrons. The van der Waals surface area contributed by atoms with Gasteiger partial charge in [0.1, 0.15) is 0 Å². The van der Waals surface area contributed by atoms with E-state index in [2.05, 4.69) is 24.4 Å². The van der Waals surface area contributed by atoms with Crippen LogP contribution in [0.15, 0.2) is 53.4 Å². The van der Waals surface area contributed by atoms with Crippen molar-refractivity contribution in [2.75, 3.05) is 5.32 Å². The van der Waals surface area contributed by atoms with Crippen molar-refractivity contribution >= 4 is 15.7 Å². The van der Waals surface area contributed by atoms with Crippen molar-refractivity contribution in [3.05, 3.63) is 59.7 Å². The summed E-state index contributed by atoms with van der Waals surface area (Å²) in [6.45, 7) is 2.75. The molecular weight excluding hydrogens is 272 g/mol. The molecule has 0 aliphatic carbocycles. The molecular formula is C15H18N2O2S. The van der Waals surface area contributed by atoms with Crippen LogP contribution in [-0.4, -0.2) is 8.42 Å². The van der Waals surface area contributed by atoms with E-state index < -0.39 is 10.0 Å². The van der Waals surface area contributed by atoms with Gasteiger partial charge in [-0.15, -0.1) is 0 Å². The number of aryl methyl sites for hydroxylation is 1. The summed E-state index contributed by atoms with van der Waals surface area (Å²) >= 11 is 0. The second-order valence-electron chi connectivity index (χ2n) is 4.60. The Balaban J connectivity index is 2.11. The molecule has 0 amide bonds. The van der Waals surface area contributed by atoms with Crippen LogP contribution >= 0.6 is 0 Å². The molecule has 0 saturated carbocycles. The van der Waals surface area contributed by atoms with Crippen LogP contribution in [0.25, 0.3) is 0 Å². The largest absolute Gasteiger partial charge is 0.381 e. The van der Waals surface area contributed by atoms with Gasteiger partial charge in [-0.05, 0) is 35.7 Å². The van der Waals surface area contributed by atoms with Crippen LogP contribution in [0.5, 0.6) is 0 Å². The first-order valence-corrected chi connectivity index (χ1v) is 7.98. The molecule has 2 aromatic carbocycles. The van der Waals surface area contributed by atoms with Crippen molar-refractivity contribution in [1.82, 2.24) is 0 Å². The fraction of sp³-hybridized carbons (Fsp3) is 0.200. The molecule has 0 radical (unpaired) electrons. The molecule has 0 atom stereocenters. The van der Waals surface area contributed by atoms with E-state index >= 15 is 0 Å². The summed E-state index contributed by atoms with van der Waals surface area (Å²) in [5.74, 6) is 0. The maximum Gasteiger partial charge on any atom is 0.238 e. The summed E-state index contributed by atoms with van der Waals surface area (Å²) < 4.78 is 22.6. The van der Waals surface area contributed by atoms with Gasteiger partial charge in [-0.25, -0.2) is 13.6 Å². The molecule has 2 rings (SSSR count). The van der Waals surface area contributed by atoms with Crippen LogP contribution in [0.1, 0.15) is 18.1 Å². The Bertz CT molecular complexity index is 697. The van der Waals surface area contributed by atoms with Crippen molar-refractivity contribution in [3.63, 3.8) is 0 Å². The molecule has 0 heterocycles. The first-order valence-electron chi connectivity index (χ1n) is 6.43. The third kappa shape index (κ3) is 3.82. The summed E-state index contributed by atoms with van der Waals surface area (Å²) in [5, 5.41) is 8.32. The average Bonchev–Trinajstić information content (AvgIpc) is 2.45. The van der Waals surface area contributed by atoms with Crippen molar-refractivity contribution in [2.24, 2.45) is 5.14 Å². The second kappa shape index (κ2) is 6.07. The number of sulfonamides is 1. The minimum Gasteiger partial charge on any atom is -0.381 e. The van der Waals surface area contributed by atoms with Gasteiger partial charge in [0.15, 0.2) is 0 Å². The monoisotopic (exact) mass is 290 g/mol. The van der Waals surface area contributed by atoms with Crippen LogP contribution < -0.4 is 10.5 Å². The van der Waals surface area contributed by atoms with Crippen LogP contribution in [0, 0.1) is 0 Å². The van der Waals surface area contributed by atoms with Crippen molar-refractivity contribution in [3.8, 4) is 0 Å². The number of hydrogen-bond acceptors (Lipinski definition) is 3. The number of rotatable bonds is 5. The zero-order valence-corrected chi connectivity index (χ0v) is 12.2. The molecule has 0 fully saturated rings. The van der Waals surface area contributed by atoms with Crippen LogP contribution in [0.4, 0.5) is 5.69 Å². The first kappa shape index (κ1) is 14.6. The smallest absolute Gasteiger partial charge is 0.238 e. The maximum absolute atomic E-state index is 11.3. The summed E-state index contributed by atoms with van der Waals surface area (Å²) in [6, 6.07) is 14.8. The summed E-state index contributed by atoms with van der Waals surface area (Å²) in [5.41, 5.74) is 3.17. The van der Waals surface area contributed by atoms with Gasteiger partial charge in [-0.3, -0.25) is 0 Å². The third-order valence-electron chi connectivity index (χ3n) is 3.06. The molecule has 4 nitrogen and oxygen atoms in total. The van der Waals surface area contributed by atoms with E-state index in [1.807, 2.05) is 18.2 Å². The fourth-order valence-electron chi connectivity index (χ4n) is 1.95. The van der Waals surface area contributed by atoms with E-state index in [0.29, 0.717) is 6.54 Å². The molecule has 0 unspecified atom stereocenters. The Kier molecular flexibility index (Phi) is 4.42. The number of primary sulfonamides is 1. The van der Waals surface area contributed by atoms with Gasteiger partial charge in [-0.1, -0.05) is 37.3 Å². The number of nitrogens with two attached hydrogens (primary N) is 1. The Hall–Kier alpha value is -1.85. The van der Waals surface area contributed by atoms with E-state index in [1.165, 1.54) is 11.6 Å². The van der Waals surface area contributed by atoms with E-state index in [0.717, 1.165) is 17.7 Å². The highest BCUT2D eigenvalue weighted by atomic mass is 32.2. The lowest BCUT2D eigenvalue weighted by atomic mass is 10.1. The van der Waals surface area contributed by atoms with Crippen molar-refractivity contribution in [2.45, 2.75) is 24.8 Å². The quantitative estimate of drug-likeness (QED) is 0.888. The summed E-state index contributed by atoms with van der Waals surface area (Å²) in [4.78, 5) is 0.116. The van der Waals surface area contributed by atoms with Gasteiger partial charge in [0.05, 0.1) is 4.90 Å². The lowest BCUT2D eigenvalue weighted by Crippen LogP contribution is -2.12. The van der Waals surface area contributed by atoms with Gasteiger partial charge >= 0.3 is 0 Å². The molecule has 20 heavy (non-hydrogen) atoms. The van der Waals surface area contributed by atoms with E-state index in [4.69, 9.17) is 5.14 Å². The number of benzene rings is 2. The minimum atomic E-state index is -3.66. The Morgan fingerprint density at radius 2 is 1.75 bits per heavy atom. The van der Waals surface area contributed by atoms with E-state index in [1.54, 1.807) is 12.1 Å². The predicted octanol–water partition coefficient (Wildman–Crippen LogP) is 2.51. The zero-order chi connectivity index (χ0) is 14.6. The highest BCUT2D eigenvalue weighted by Gasteiger charge is 2.07. The van der Waals surface area contributed by atoms with Crippen LogP contribution in [0.2, 0.25) is 0 Å².